The van der Waals surface area contributed by atoms with Gasteiger partial charge in [-0.2, -0.15) is 0 Å². The number of ether oxygens (including phenoxy) is 1. The molecule has 0 aliphatic heterocycles. The largest absolute Gasteiger partial charge is 0.457 e. The third-order valence-corrected chi connectivity index (χ3v) is 4.73. The molecule has 3 aromatic rings. The second-order valence-corrected chi connectivity index (χ2v) is 6.56. The summed E-state index contributed by atoms with van der Waals surface area (Å²) in [7, 11) is 0. The average Bonchev–Trinajstić information content (AvgIpc) is 2.67. The quantitative estimate of drug-likeness (QED) is 0.292. The zero-order valence-electron chi connectivity index (χ0n) is 13.5. The van der Waals surface area contributed by atoms with Crippen molar-refractivity contribution in [1.29, 1.82) is 0 Å². The zero-order valence-corrected chi connectivity index (χ0v) is 15.6. The molecular formula is C21H16INO2. The molecule has 0 unspecified atom stereocenters. The fourth-order valence-corrected chi connectivity index (χ4v) is 3.25. The average molecular weight is 441 g/mol. The van der Waals surface area contributed by atoms with Crippen molar-refractivity contribution in [2.45, 2.75) is 6.61 Å². The van der Waals surface area contributed by atoms with Crippen LogP contribution in [-0.2, 0) is 11.3 Å². The Morgan fingerprint density at radius 3 is 2.40 bits per heavy atom. The van der Waals surface area contributed by atoms with Gasteiger partial charge in [0.25, 0.3) is 0 Å². The first-order valence-electron chi connectivity index (χ1n) is 7.76. The molecule has 0 aromatic heterocycles. The Bertz CT molecular complexity index is 907. The Hall–Kier alpha value is -2.47. The first-order valence-corrected chi connectivity index (χ1v) is 8.84. The Morgan fingerprint density at radius 2 is 1.68 bits per heavy atom. The Morgan fingerprint density at radius 1 is 0.960 bits per heavy atom. The number of esters is 1. The fourth-order valence-electron chi connectivity index (χ4n) is 2.59. The van der Waals surface area contributed by atoms with Gasteiger partial charge in [-0.15, -0.1) is 0 Å². The van der Waals surface area contributed by atoms with Gasteiger partial charge in [-0.25, -0.2) is 4.79 Å². The number of carbonyl (C=O) groups excluding carboxylic acids is 1. The van der Waals surface area contributed by atoms with Gasteiger partial charge in [0.05, 0.1) is 11.3 Å². The predicted molar refractivity (Wildman–Crippen MR) is 109 cm³/mol. The van der Waals surface area contributed by atoms with Crippen LogP contribution in [-0.4, -0.2) is 12.7 Å². The molecule has 0 saturated carbocycles. The van der Waals surface area contributed by atoms with Gasteiger partial charge in [0, 0.05) is 9.13 Å². The lowest BCUT2D eigenvalue weighted by Crippen LogP contribution is -2.07. The molecule has 0 atom stereocenters. The van der Waals surface area contributed by atoms with Crippen molar-refractivity contribution in [2.24, 2.45) is 4.99 Å². The van der Waals surface area contributed by atoms with E-state index in [-0.39, 0.29) is 12.6 Å². The molecular weight excluding hydrogens is 425 g/mol. The van der Waals surface area contributed by atoms with Gasteiger partial charge in [-0.05, 0) is 58.6 Å². The van der Waals surface area contributed by atoms with Crippen LogP contribution in [0.2, 0.25) is 0 Å². The number of rotatable bonds is 5. The third-order valence-electron chi connectivity index (χ3n) is 3.79. The van der Waals surface area contributed by atoms with Gasteiger partial charge in [0.2, 0.25) is 0 Å². The van der Waals surface area contributed by atoms with E-state index in [9.17, 15) is 4.79 Å². The summed E-state index contributed by atoms with van der Waals surface area (Å²) in [5, 5.41) is 0. The van der Waals surface area contributed by atoms with Crippen LogP contribution in [0.5, 0.6) is 0 Å². The zero-order chi connectivity index (χ0) is 17.6. The molecule has 3 aromatic carbocycles. The topological polar surface area (TPSA) is 38.7 Å². The number of halogens is 1. The lowest BCUT2D eigenvalue weighted by Gasteiger charge is -2.13. The molecule has 3 nitrogen and oxygen atoms in total. The number of benzene rings is 3. The van der Waals surface area contributed by atoms with Gasteiger partial charge < -0.3 is 4.74 Å². The van der Waals surface area contributed by atoms with Crippen LogP contribution >= 0.6 is 22.6 Å². The minimum absolute atomic E-state index is 0.233. The molecule has 0 amide bonds. The summed E-state index contributed by atoms with van der Waals surface area (Å²) in [6.07, 6.45) is 0. The standard InChI is InChI=1S/C21H16INO2/c1-23-19-13-7-11-17(20(19)16-10-5-6-12-18(16)22)21(24)25-14-15-8-3-2-4-9-15/h2-13H,1,14H2. The fraction of sp³-hybridized carbons (Fsp3) is 0.0476. The minimum atomic E-state index is -0.371. The molecule has 0 spiro atoms. The van der Waals surface area contributed by atoms with E-state index in [2.05, 4.69) is 34.3 Å². The van der Waals surface area contributed by atoms with Crippen LogP contribution in [0.4, 0.5) is 5.69 Å². The van der Waals surface area contributed by atoms with Gasteiger partial charge >= 0.3 is 5.97 Å². The molecule has 0 aliphatic rings. The molecule has 124 valence electrons. The number of carbonyl (C=O) groups is 1. The van der Waals surface area contributed by atoms with E-state index in [1.807, 2.05) is 60.7 Å². The second-order valence-electron chi connectivity index (χ2n) is 5.40. The molecule has 0 radical (unpaired) electrons. The molecule has 0 heterocycles. The maximum absolute atomic E-state index is 12.7. The van der Waals surface area contributed by atoms with Gasteiger partial charge in [-0.3, -0.25) is 4.99 Å². The van der Waals surface area contributed by atoms with E-state index < -0.39 is 0 Å². The van der Waals surface area contributed by atoms with Crippen LogP contribution in [0, 0.1) is 3.57 Å². The summed E-state index contributed by atoms with van der Waals surface area (Å²) in [6, 6.07) is 22.9. The SMILES string of the molecule is C=Nc1cccc(C(=O)OCc2ccccc2)c1-c1ccccc1I. The lowest BCUT2D eigenvalue weighted by molar-refractivity contribution is 0.0473. The smallest absolute Gasteiger partial charge is 0.339 e. The van der Waals surface area contributed by atoms with E-state index in [0.717, 1.165) is 20.3 Å². The summed E-state index contributed by atoms with van der Waals surface area (Å²) in [6.45, 7) is 3.87. The van der Waals surface area contributed by atoms with Crippen molar-refractivity contribution < 1.29 is 9.53 Å². The highest BCUT2D eigenvalue weighted by atomic mass is 127. The van der Waals surface area contributed by atoms with Crippen LogP contribution < -0.4 is 0 Å². The maximum Gasteiger partial charge on any atom is 0.339 e. The molecule has 0 fully saturated rings. The van der Waals surface area contributed by atoms with Crippen molar-refractivity contribution in [3.63, 3.8) is 0 Å². The van der Waals surface area contributed by atoms with Gasteiger partial charge in [-0.1, -0.05) is 54.6 Å². The molecule has 4 heteroatoms. The van der Waals surface area contributed by atoms with Crippen LogP contribution in [0.25, 0.3) is 11.1 Å². The molecule has 25 heavy (non-hydrogen) atoms. The lowest BCUT2D eigenvalue weighted by atomic mass is 9.97. The van der Waals surface area contributed by atoms with E-state index in [4.69, 9.17) is 4.74 Å². The first kappa shape index (κ1) is 17.4. The van der Waals surface area contributed by atoms with Gasteiger partial charge in [0.1, 0.15) is 6.61 Å². The number of hydrogen-bond acceptors (Lipinski definition) is 3. The monoisotopic (exact) mass is 441 g/mol. The predicted octanol–water partition coefficient (Wildman–Crippen LogP) is 5.65. The Balaban J connectivity index is 1.97. The second kappa shape index (κ2) is 8.07. The van der Waals surface area contributed by atoms with Crippen molar-refractivity contribution in [3.05, 3.63) is 87.5 Å². The van der Waals surface area contributed by atoms with E-state index in [1.165, 1.54) is 0 Å². The third kappa shape index (κ3) is 3.96. The van der Waals surface area contributed by atoms with Gasteiger partial charge in [0.15, 0.2) is 0 Å². The van der Waals surface area contributed by atoms with E-state index >= 15 is 0 Å². The summed E-state index contributed by atoms with van der Waals surface area (Å²) < 4.78 is 6.55. The van der Waals surface area contributed by atoms with E-state index in [1.54, 1.807) is 12.1 Å². The number of nitrogens with zero attached hydrogens (tertiary/aromatic N) is 1. The Kier molecular flexibility index (Phi) is 5.60. The highest BCUT2D eigenvalue weighted by molar-refractivity contribution is 14.1. The summed E-state index contributed by atoms with van der Waals surface area (Å²) in [4.78, 5) is 16.8. The van der Waals surface area contributed by atoms with Crippen molar-refractivity contribution in [2.75, 3.05) is 0 Å². The van der Waals surface area contributed by atoms with Crippen molar-refractivity contribution in [1.82, 2.24) is 0 Å². The molecule has 0 aliphatic carbocycles. The maximum atomic E-state index is 12.7. The van der Waals surface area contributed by atoms with Crippen LogP contribution in [0.15, 0.2) is 77.8 Å². The highest BCUT2D eigenvalue weighted by Crippen LogP contribution is 2.36. The van der Waals surface area contributed by atoms with Crippen LogP contribution in [0.1, 0.15) is 15.9 Å². The molecule has 0 saturated heterocycles. The molecule has 3 rings (SSSR count). The Labute approximate surface area is 160 Å². The van der Waals surface area contributed by atoms with Crippen molar-refractivity contribution in [3.8, 4) is 11.1 Å². The van der Waals surface area contributed by atoms with Crippen LogP contribution in [0.3, 0.4) is 0 Å². The first-order chi connectivity index (χ1) is 12.2. The van der Waals surface area contributed by atoms with Crippen molar-refractivity contribution >= 4 is 41.0 Å². The molecule has 0 N–H and O–H groups in total. The minimum Gasteiger partial charge on any atom is -0.457 e. The number of aliphatic imine (C=N–C) groups is 1. The normalized spacial score (nSPS) is 10.3. The summed E-state index contributed by atoms with van der Waals surface area (Å²) >= 11 is 2.25. The number of hydrogen-bond donors (Lipinski definition) is 0. The highest BCUT2D eigenvalue weighted by Gasteiger charge is 2.19. The van der Waals surface area contributed by atoms with E-state index in [0.29, 0.717) is 11.3 Å². The summed E-state index contributed by atoms with van der Waals surface area (Å²) in [5.41, 5.74) is 3.80. The molecule has 0 bridgehead atoms. The summed E-state index contributed by atoms with van der Waals surface area (Å²) in [5.74, 6) is -0.371.